The Morgan fingerprint density at radius 1 is 1.17 bits per heavy atom. The van der Waals surface area contributed by atoms with Crippen molar-refractivity contribution in [1.29, 1.82) is 0 Å². The fourth-order valence-corrected chi connectivity index (χ4v) is 2.52. The third kappa shape index (κ3) is 4.49. The summed E-state index contributed by atoms with van der Waals surface area (Å²) in [5.74, 6) is -0.676. The van der Waals surface area contributed by atoms with Crippen molar-refractivity contribution >= 4 is 15.8 Å². The first-order valence-electron chi connectivity index (χ1n) is 5.99. The highest BCUT2D eigenvalue weighted by Gasteiger charge is 2.10. The third-order valence-electron chi connectivity index (χ3n) is 2.77. The van der Waals surface area contributed by atoms with Gasteiger partial charge in [0.1, 0.15) is 0 Å². The van der Waals surface area contributed by atoms with Crippen LogP contribution in [0.15, 0.2) is 29.2 Å². The fraction of sp³-hybridized carbons (Fsp3) is 0.462. The zero-order valence-corrected chi connectivity index (χ0v) is 11.2. The molecular weight excluding hydrogens is 252 g/mol. The highest BCUT2D eigenvalue weighted by molar-refractivity contribution is 7.91. The van der Waals surface area contributed by atoms with Gasteiger partial charge in [0.2, 0.25) is 0 Å². The lowest BCUT2D eigenvalue weighted by atomic mass is 10.1. The van der Waals surface area contributed by atoms with Crippen LogP contribution in [0.2, 0.25) is 0 Å². The number of sulfone groups is 1. The van der Waals surface area contributed by atoms with Crippen molar-refractivity contribution in [3.05, 3.63) is 29.8 Å². The average molecular weight is 270 g/mol. The molecule has 1 aromatic carbocycles. The Balaban J connectivity index is 2.53. The molecule has 0 radical (unpaired) electrons. The minimum atomic E-state index is -3.13. The highest BCUT2D eigenvalue weighted by atomic mass is 32.2. The van der Waals surface area contributed by atoms with E-state index < -0.39 is 15.8 Å². The molecule has 0 bridgehead atoms. The topological polar surface area (TPSA) is 71.4 Å². The number of unbranched alkanes of at least 4 members (excludes halogenated alkanes) is 1. The van der Waals surface area contributed by atoms with Gasteiger partial charge in [0.05, 0.1) is 10.6 Å². The monoisotopic (exact) mass is 270 g/mol. The average Bonchev–Trinajstić information content (AvgIpc) is 2.35. The largest absolute Gasteiger partial charge is 0.481 e. The lowest BCUT2D eigenvalue weighted by molar-refractivity contribution is -0.137. The maximum absolute atomic E-state index is 11.6. The van der Waals surface area contributed by atoms with Crippen molar-refractivity contribution in [2.75, 3.05) is 5.75 Å². The number of hydrogen-bond acceptors (Lipinski definition) is 3. The van der Waals surface area contributed by atoms with E-state index in [-0.39, 0.29) is 12.2 Å². The van der Waals surface area contributed by atoms with Crippen molar-refractivity contribution in [1.82, 2.24) is 0 Å². The van der Waals surface area contributed by atoms with E-state index in [9.17, 15) is 13.2 Å². The molecule has 0 aliphatic heterocycles. The van der Waals surface area contributed by atoms with Gasteiger partial charge < -0.3 is 5.11 Å². The predicted molar refractivity (Wildman–Crippen MR) is 69.4 cm³/mol. The Morgan fingerprint density at radius 3 is 2.28 bits per heavy atom. The quantitative estimate of drug-likeness (QED) is 0.771. The summed E-state index contributed by atoms with van der Waals surface area (Å²) in [4.78, 5) is 10.7. The first-order valence-corrected chi connectivity index (χ1v) is 7.64. The van der Waals surface area contributed by atoms with Crippen molar-refractivity contribution in [3.8, 4) is 0 Å². The summed E-state index contributed by atoms with van der Waals surface area (Å²) < 4.78 is 23.2. The van der Waals surface area contributed by atoms with Gasteiger partial charge in [0.15, 0.2) is 9.84 Å². The minimum Gasteiger partial charge on any atom is -0.481 e. The van der Waals surface area contributed by atoms with Crippen molar-refractivity contribution in [2.45, 2.75) is 37.5 Å². The van der Waals surface area contributed by atoms with Crippen LogP contribution in [-0.2, 0) is 21.1 Å². The van der Waals surface area contributed by atoms with Gasteiger partial charge >= 0.3 is 5.97 Å². The Morgan fingerprint density at radius 2 is 1.78 bits per heavy atom. The molecular formula is C13H18O4S. The van der Waals surface area contributed by atoms with Crippen LogP contribution < -0.4 is 0 Å². The smallest absolute Gasteiger partial charge is 0.303 e. The van der Waals surface area contributed by atoms with Crippen LogP contribution in [0, 0.1) is 0 Å². The lowest BCUT2D eigenvalue weighted by Gasteiger charge is -2.04. The molecule has 0 aliphatic carbocycles. The first-order chi connectivity index (χ1) is 8.45. The Bertz CT molecular complexity index is 488. The van der Waals surface area contributed by atoms with Crippen LogP contribution in [-0.4, -0.2) is 25.2 Å². The molecule has 0 heterocycles. The number of carboxylic acids is 1. The van der Waals surface area contributed by atoms with Gasteiger partial charge in [0, 0.05) is 6.42 Å². The van der Waals surface area contributed by atoms with Crippen molar-refractivity contribution in [3.63, 3.8) is 0 Å². The number of rotatable bonds is 7. The van der Waals surface area contributed by atoms with Gasteiger partial charge in [-0.15, -0.1) is 0 Å². The minimum absolute atomic E-state index is 0.102. The Kier molecular flexibility index (Phi) is 5.34. The lowest BCUT2D eigenvalue weighted by Crippen LogP contribution is -2.03. The molecule has 1 aromatic rings. The van der Waals surface area contributed by atoms with Gasteiger partial charge in [-0.2, -0.15) is 0 Å². The summed E-state index contributed by atoms with van der Waals surface area (Å²) in [7, 11) is -3.13. The summed E-state index contributed by atoms with van der Waals surface area (Å²) in [5.41, 5.74) is 1.04. The van der Waals surface area contributed by atoms with Crippen LogP contribution in [0.5, 0.6) is 0 Å². The summed E-state index contributed by atoms with van der Waals surface area (Å²) in [6.07, 6.45) is 2.40. The molecule has 4 nitrogen and oxygen atoms in total. The fourth-order valence-electron chi connectivity index (χ4n) is 1.64. The van der Waals surface area contributed by atoms with Crippen LogP contribution in [0.4, 0.5) is 0 Å². The molecule has 5 heteroatoms. The molecule has 0 saturated carbocycles. The normalized spacial score (nSPS) is 11.4. The van der Waals surface area contributed by atoms with Gasteiger partial charge in [-0.1, -0.05) is 19.1 Å². The van der Waals surface area contributed by atoms with Crippen LogP contribution in [0.25, 0.3) is 0 Å². The maximum Gasteiger partial charge on any atom is 0.303 e. The molecule has 1 N–H and O–H groups in total. The Labute approximate surface area is 108 Å². The molecule has 0 aliphatic rings. The van der Waals surface area contributed by atoms with E-state index in [4.69, 9.17) is 5.11 Å². The van der Waals surface area contributed by atoms with Gasteiger partial charge in [0.25, 0.3) is 0 Å². The summed E-state index contributed by atoms with van der Waals surface area (Å²) in [6, 6.07) is 6.82. The molecule has 0 fully saturated rings. The summed E-state index contributed by atoms with van der Waals surface area (Å²) in [5, 5.41) is 8.50. The van der Waals surface area contributed by atoms with Gasteiger partial charge in [-0.3, -0.25) is 4.79 Å². The zero-order valence-electron chi connectivity index (χ0n) is 10.4. The standard InChI is InChI=1S/C13H18O4S/c1-2-18(16,17)12-9-7-11(8-10-12)5-3-4-6-13(14)15/h7-10H,2-6H2,1H3,(H,14,15). The number of benzene rings is 1. The van der Waals surface area contributed by atoms with E-state index in [0.717, 1.165) is 18.4 Å². The second kappa shape index (κ2) is 6.54. The van der Waals surface area contributed by atoms with E-state index in [1.54, 1.807) is 31.2 Å². The second-order valence-corrected chi connectivity index (χ2v) is 6.43. The van der Waals surface area contributed by atoms with Gasteiger partial charge in [-0.05, 0) is 37.0 Å². The Hall–Kier alpha value is -1.36. The van der Waals surface area contributed by atoms with Crippen LogP contribution in [0.3, 0.4) is 0 Å². The highest BCUT2D eigenvalue weighted by Crippen LogP contribution is 2.14. The number of carboxylic acid groups (broad SMARTS) is 1. The van der Waals surface area contributed by atoms with Crippen LogP contribution in [0.1, 0.15) is 31.7 Å². The molecule has 0 unspecified atom stereocenters. The molecule has 18 heavy (non-hydrogen) atoms. The van der Waals surface area contributed by atoms with Crippen molar-refractivity contribution in [2.24, 2.45) is 0 Å². The molecule has 0 atom stereocenters. The van der Waals surface area contributed by atoms with E-state index in [1.807, 2.05) is 0 Å². The zero-order chi connectivity index (χ0) is 13.6. The van der Waals surface area contributed by atoms with E-state index in [2.05, 4.69) is 0 Å². The third-order valence-corrected chi connectivity index (χ3v) is 4.52. The molecule has 0 saturated heterocycles. The van der Waals surface area contributed by atoms with Crippen molar-refractivity contribution < 1.29 is 18.3 Å². The predicted octanol–water partition coefficient (Wildman–Crippen LogP) is 2.28. The molecule has 1 rings (SSSR count). The SMILES string of the molecule is CCS(=O)(=O)c1ccc(CCCCC(=O)O)cc1. The van der Waals surface area contributed by atoms with Crippen LogP contribution >= 0.6 is 0 Å². The van der Waals surface area contributed by atoms with Gasteiger partial charge in [-0.25, -0.2) is 8.42 Å². The molecule has 0 aromatic heterocycles. The second-order valence-electron chi connectivity index (χ2n) is 4.15. The summed E-state index contributed by atoms with van der Waals surface area (Å²) >= 11 is 0. The maximum atomic E-state index is 11.6. The molecule has 100 valence electrons. The number of hydrogen-bond donors (Lipinski definition) is 1. The first kappa shape index (κ1) is 14.7. The molecule has 0 spiro atoms. The molecule has 0 amide bonds. The van der Waals surface area contributed by atoms with E-state index >= 15 is 0 Å². The summed E-state index contributed by atoms with van der Waals surface area (Å²) in [6.45, 7) is 1.62. The number of carbonyl (C=O) groups is 1. The number of aliphatic carboxylic acids is 1. The number of aryl methyl sites for hydroxylation is 1. The van der Waals surface area contributed by atoms with E-state index in [0.29, 0.717) is 11.3 Å². The van der Waals surface area contributed by atoms with E-state index in [1.165, 1.54) is 0 Å².